The van der Waals surface area contributed by atoms with Crippen LogP contribution in [0, 0.1) is 0 Å². The Bertz CT molecular complexity index is 336. The molecule has 1 rings (SSSR count). The number of rotatable bonds is 4. The molecule has 0 radical (unpaired) electrons. The molecule has 0 aromatic heterocycles. The molecule has 0 aromatic rings. The molecule has 10 heteroatoms. The van der Waals surface area contributed by atoms with Gasteiger partial charge in [-0.05, 0) is 12.8 Å². The number of halogens is 7. The summed E-state index contributed by atoms with van der Waals surface area (Å²) in [6.07, 6.45) is -6.17. The molecule has 1 amide bonds. The maximum Gasteiger partial charge on any atom is 0.460 e. The van der Waals surface area contributed by atoms with E-state index in [0.29, 0.717) is 19.4 Å². The minimum atomic E-state index is -6.52. The third-order valence-corrected chi connectivity index (χ3v) is 2.55. The number of hydrogen-bond acceptors (Lipinski definition) is 2. The Hall–Kier alpha value is -1.06. The first-order chi connectivity index (χ1) is 8.50. The van der Waals surface area contributed by atoms with Gasteiger partial charge in [0.25, 0.3) is 5.91 Å². The van der Waals surface area contributed by atoms with Gasteiger partial charge in [0.2, 0.25) is 0 Å². The van der Waals surface area contributed by atoms with Crippen LogP contribution in [-0.4, -0.2) is 43.2 Å². The molecule has 1 N–H and O–H groups in total. The van der Waals surface area contributed by atoms with Crippen molar-refractivity contribution in [3.63, 3.8) is 0 Å². The normalized spacial score (nSPS) is 21.5. The first-order valence-electron chi connectivity index (χ1n) is 5.22. The van der Waals surface area contributed by atoms with Gasteiger partial charge < -0.3 is 10.1 Å². The molecule has 1 heterocycles. The van der Waals surface area contributed by atoms with Crippen LogP contribution in [0.15, 0.2) is 0 Å². The number of ether oxygens (including phenoxy) is 1. The second-order valence-electron chi connectivity index (χ2n) is 3.99. The molecule has 112 valence electrons. The standard InChI is InChI=1S/C9H10F7NO2/c10-7(11,8(12,13)9(14,15)16)6(18)17-4-5-2-1-3-19-5/h5H,1-4H2,(H,17,18)/t5-/m0/s1. The van der Waals surface area contributed by atoms with Gasteiger partial charge in [0.05, 0.1) is 6.10 Å². The second-order valence-corrected chi connectivity index (χ2v) is 3.99. The van der Waals surface area contributed by atoms with Crippen LogP contribution in [0.3, 0.4) is 0 Å². The van der Waals surface area contributed by atoms with Gasteiger partial charge in [0.15, 0.2) is 0 Å². The monoisotopic (exact) mass is 297 g/mol. The van der Waals surface area contributed by atoms with Crippen molar-refractivity contribution in [1.29, 1.82) is 0 Å². The zero-order valence-electron chi connectivity index (χ0n) is 9.37. The van der Waals surface area contributed by atoms with Gasteiger partial charge in [0, 0.05) is 13.2 Å². The first kappa shape index (κ1) is 16.0. The number of carbonyl (C=O) groups excluding carboxylic acids is 1. The Morgan fingerprint density at radius 1 is 1.16 bits per heavy atom. The van der Waals surface area contributed by atoms with Crippen LogP contribution in [-0.2, 0) is 9.53 Å². The van der Waals surface area contributed by atoms with Crippen LogP contribution in [0.25, 0.3) is 0 Å². The van der Waals surface area contributed by atoms with E-state index in [9.17, 15) is 35.5 Å². The fourth-order valence-corrected chi connectivity index (χ4v) is 1.44. The van der Waals surface area contributed by atoms with Gasteiger partial charge in [-0.2, -0.15) is 30.7 Å². The molecule has 1 atom stereocenters. The molecule has 1 saturated heterocycles. The van der Waals surface area contributed by atoms with Crippen molar-refractivity contribution in [2.24, 2.45) is 0 Å². The fraction of sp³-hybridized carbons (Fsp3) is 0.889. The van der Waals surface area contributed by atoms with Crippen LogP contribution in [0.1, 0.15) is 12.8 Å². The van der Waals surface area contributed by atoms with E-state index in [4.69, 9.17) is 4.74 Å². The number of hydrogen-bond donors (Lipinski definition) is 1. The number of alkyl halides is 7. The molecule has 0 unspecified atom stereocenters. The maximum absolute atomic E-state index is 12.8. The lowest BCUT2D eigenvalue weighted by atomic mass is 10.1. The smallest absolute Gasteiger partial charge is 0.376 e. The molecular weight excluding hydrogens is 287 g/mol. The first-order valence-corrected chi connectivity index (χ1v) is 5.22. The number of carbonyl (C=O) groups is 1. The topological polar surface area (TPSA) is 38.3 Å². The molecule has 1 aliphatic rings. The highest BCUT2D eigenvalue weighted by molar-refractivity contribution is 5.84. The third-order valence-electron chi connectivity index (χ3n) is 2.55. The van der Waals surface area contributed by atoms with Crippen LogP contribution in [0.4, 0.5) is 30.7 Å². The molecule has 0 aliphatic carbocycles. The Kier molecular flexibility index (Phi) is 4.33. The summed E-state index contributed by atoms with van der Waals surface area (Å²) in [7, 11) is 0. The third kappa shape index (κ3) is 3.10. The van der Waals surface area contributed by atoms with Gasteiger partial charge in [-0.1, -0.05) is 0 Å². The Morgan fingerprint density at radius 2 is 1.74 bits per heavy atom. The van der Waals surface area contributed by atoms with Gasteiger partial charge in [-0.15, -0.1) is 0 Å². The summed E-state index contributed by atoms with van der Waals surface area (Å²) in [6.45, 7) is -0.224. The second kappa shape index (κ2) is 5.14. The summed E-state index contributed by atoms with van der Waals surface area (Å²) in [5.41, 5.74) is 0. The van der Waals surface area contributed by atoms with Crippen molar-refractivity contribution in [3.05, 3.63) is 0 Å². The van der Waals surface area contributed by atoms with E-state index in [2.05, 4.69) is 0 Å². The average Bonchev–Trinajstić information content (AvgIpc) is 2.76. The lowest BCUT2D eigenvalue weighted by Gasteiger charge is -2.27. The van der Waals surface area contributed by atoms with E-state index in [1.807, 2.05) is 0 Å². The van der Waals surface area contributed by atoms with E-state index in [0.717, 1.165) is 0 Å². The molecule has 3 nitrogen and oxygen atoms in total. The quantitative estimate of drug-likeness (QED) is 0.807. The zero-order chi connectivity index (χ0) is 14.9. The van der Waals surface area contributed by atoms with Crippen LogP contribution in [0.5, 0.6) is 0 Å². The average molecular weight is 297 g/mol. The van der Waals surface area contributed by atoms with Crippen molar-refractivity contribution in [2.75, 3.05) is 13.2 Å². The van der Waals surface area contributed by atoms with Crippen molar-refractivity contribution < 1.29 is 40.3 Å². The number of amides is 1. The molecule has 0 bridgehead atoms. The zero-order valence-corrected chi connectivity index (χ0v) is 9.37. The van der Waals surface area contributed by atoms with Gasteiger partial charge in [-0.25, -0.2) is 0 Å². The van der Waals surface area contributed by atoms with Gasteiger partial charge in [-0.3, -0.25) is 4.79 Å². The molecule has 19 heavy (non-hydrogen) atoms. The van der Waals surface area contributed by atoms with Crippen LogP contribution in [0.2, 0.25) is 0 Å². The Balaban J connectivity index is 2.67. The lowest BCUT2D eigenvalue weighted by Crippen LogP contribution is -2.59. The van der Waals surface area contributed by atoms with E-state index in [1.54, 1.807) is 0 Å². The van der Waals surface area contributed by atoms with Crippen LogP contribution < -0.4 is 5.32 Å². The van der Waals surface area contributed by atoms with E-state index in [1.165, 1.54) is 5.32 Å². The van der Waals surface area contributed by atoms with Gasteiger partial charge in [0.1, 0.15) is 0 Å². The van der Waals surface area contributed by atoms with Crippen molar-refractivity contribution in [2.45, 2.75) is 37.0 Å². The number of nitrogens with one attached hydrogen (secondary N) is 1. The SMILES string of the molecule is O=C(NC[C@@H]1CCCO1)C(F)(F)C(F)(F)C(F)(F)F. The molecule has 1 fully saturated rings. The summed E-state index contributed by atoms with van der Waals surface area (Å²) in [5.74, 6) is -15.0. The van der Waals surface area contributed by atoms with Crippen LogP contribution >= 0.6 is 0 Å². The maximum atomic E-state index is 12.8. The van der Waals surface area contributed by atoms with Crippen molar-refractivity contribution in [1.82, 2.24) is 5.32 Å². The molecule has 1 aliphatic heterocycles. The van der Waals surface area contributed by atoms with E-state index < -0.39 is 36.6 Å². The molecule has 0 aromatic carbocycles. The molecule has 0 spiro atoms. The molecular formula is C9H10F7NO2. The Labute approximate surface area is 103 Å². The summed E-state index contributed by atoms with van der Waals surface area (Å²) in [4.78, 5) is 10.8. The van der Waals surface area contributed by atoms with Gasteiger partial charge >= 0.3 is 18.0 Å². The Morgan fingerprint density at radius 3 is 2.16 bits per heavy atom. The summed E-state index contributed by atoms with van der Waals surface area (Å²) < 4.78 is 91.0. The highest BCUT2D eigenvalue weighted by atomic mass is 19.4. The van der Waals surface area contributed by atoms with Crippen molar-refractivity contribution in [3.8, 4) is 0 Å². The minimum absolute atomic E-state index is 0.315. The lowest BCUT2D eigenvalue weighted by molar-refractivity contribution is -0.344. The predicted molar refractivity (Wildman–Crippen MR) is 47.9 cm³/mol. The molecule has 0 saturated carbocycles. The highest BCUT2D eigenvalue weighted by Crippen LogP contribution is 2.46. The van der Waals surface area contributed by atoms with Crippen molar-refractivity contribution >= 4 is 5.91 Å². The summed E-state index contributed by atoms with van der Waals surface area (Å²) in [6, 6.07) is 0. The largest absolute Gasteiger partial charge is 0.460 e. The predicted octanol–water partition coefficient (Wildman–Crippen LogP) is 2.11. The fourth-order valence-electron chi connectivity index (χ4n) is 1.44. The summed E-state index contributed by atoms with van der Waals surface area (Å²) in [5, 5.41) is 1.35. The van der Waals surface area contributed by atoms with E-state index in [-0.39, 0.29) is 0 Å². The minimum Gasteiger partial charge on any atom is -0.376 e. The highest BCUT2D eigenvalue weighted by Gasteiger charge is 2.76. The van der Waals surface area contributed by atoms with E-state index >= 15 is 0 Å². The summed E-state index contributed by atoms with van der Waals surface area (Å²) >= 11 is 0.